The monoisotopic (exact) mass is 585 g/mol. The molecule has 2 N–H and O–H groups in total. The third kappa shape index (κ3) is 6.41. The zero-order valence-electron chi connectivity index (χ0n) is 22.3. The van der Waals surface area contributed by atoms with Gasteiger partial charge in [-0.1, -0.05) is 23.7 Å². The second-order valence-electron chi connectivity index (χ2n) is 10.3. The highest BCUT2D eigenvalue weighted by Gasteiger charge is 2.27. The minimum Gasteiger partial charge on any atom is -0.475 e. The van der Waals surface area contributed by atoms with Crippen LogP contribution in [0.25, 0.3) is 16.7 Å². The van der Waals surface area contributed by atoms with E-state index in [9.17, 15) is 23.5 Å². The fourth-order valence-electron chi connectivity index (χ4n) is 5.25. The van der Waals surface area contributed by atoms with Crippen LogP contribution < -0.4 is 15.7 Å². The first-order chi connectivity index (χ1) is 19.7. The number of nitrogens with one attached hydrogen (secondary N) is 1. The molecular formula is C29H30ClF2N5O4. The van der Waals surface area contributed by atoms with Crippen molar-refractivity contribution in [2.75, 3.05) is 6.61 Å². The van der Waals surface area contributed by atoms with Crippen molar-refractivity contribution in [3.63, 3.8) is 0 Å². The van der Waals surface area contributed by atoms with Crippen LogP contribution in [0.3, 0.4) is 0 Å². The van der Waals surface area contributed by atoms with Crippen molar-refractivity contribution in [1.29, 1.82) is 0 Å². The molecule has 0 spiro atoms. The van der Waals surface area contributed by atoms with Crippen molar-refractivity contribution in [3.05, 3.63) is 81.6 Å². The van der Waals surface area contributed by atoms with Crippen LogP contribution in [0.15, 0.2) is 59.7 Å². The van der Waals surface area contributed by atoms with E-state index in [0.717, 1.165) is 30.1 Å². The molecule has 0 bridgehead atoms. The Kier molecular flexibility index (Phi) is 8.65. The molecule has 41 heavy (non-hydrogen) atoms. The zero-order valence-corrected chi connectivity index (χ0v) is 23.1. The molecule has 1 amide bonds. The van der Waals surface area contributed by atoms with Crippen LogP contribution in [0.1, 0.15) is 55.1 Å². The number of alkyl halides is 2. The third-order valence-electron chi connectivity index (χ3n) is 7.25. The number of halogens is 3. The van der Waals surface area contributed by atoms with Crippen molar-refractivity contribution in [2.24, 2.45) is 5.92 Å². The van der Waals surface area contributed by atoms with Crippen molar-refractivity contribution >= 4 is 28.5 Å². The van der Waals surface area contributed by atoms with E-state index in [2.05, 4.69) is 15.3 Å². The topological polar surface area (TPSA) is 111 Å². The molecule has 216 valence electrons. The number of amides is 1. The van der Waals surface area contributed by atoms with Gasteiger partial charge in [-0.25, -0.2) is 18.6 Å². The van der Waals surface area contributed by atoms with Gasteiger partial charge in [0, 0.05) is 24.8 Å². The first kappa shape index (κ1) is 28.7. The number of aliphatic hydroxyl groups excluding tert-OH is 1. The number of fused-ring (bicyclic) bond motifs is 1. The van der Waals surface area contributed by atoms with Gasteiger partial charge < -0.3 is 15.2 Å². The molecule has 1 aliphatic rings. The van der Waals surface area contributed by atoms with Crippen LogP contribution in [0.2, 0.25) is 5.02 Å². The van der Waals surface area contributed by atoms with E-state index in [-0.39, 0.29) is 34.8 Å². The standard InChI is InChI=1S/C29H30ClF2N5O4/c1-17(38)16-41-25-11-10-21(14-33-25)37-24-5-3-2-4-23(24)36(29(37)40)15-18-6-8-20(9-7-18)35-28(39)22-12-19(30)13-34-26(22)27(31)32/h2-5,10-14,17-18,20,27,38H,6-9,15-16H2,1H3,(H,35,39)/t17-,18?,20?/m0/s1. The van der Waals surface area contributed by atoms with E-state index >= 15 is 0 Å². The SMILES string of the molecule is C[C@H](O)COc1ccc(-n2c(=O)n(CC3CCC(NC(=O)c4cc(Cl)cnc4C(F)F)CC3)c3ccccc32)cn1. The highest BCUT2D eigenvalue weighted by molar-refractivity contribution is 6.30. The summed E-state index contributed by atoms with van der Waals surface area (Å²) in [5.41, 5.74) is 1.16. The van der Waals surface area contributed by atoms with Gasteiger partial charge in [0.25, 0.3) is 12.3 Å². The molecule has 0 unspecified atom stereocenters. The second-order valence-corrected chi connectivity index (χ2v) is 10.7. The van der Waals surface area contributed by atoms with Gasteiger partial charge in [-0.3, -0.25) is 18.9 Å². The lowest BCUT2D eigenvalue weighted by Gasteiger charge is -2.29. The van der Waals surface area contributed by atoms with E-state index < -0.39 is 24.1 Å². The average Bonchev–Trinajstić information content (AvgIpc) is 3.23. The Labute approximate surface area is 239 Å². The van der Waals surface area contributed by atoms with Gasteiger partial charge in [-0.2, -0.15) is 0 Å². The minimum atomic E-state index is -2.89. The van der Waals surface area contributed by atoms with Crippen molar-refractivity contribution in [3.8, 4) is 11.6 Å². The maximum Gasteiger partial charge on any atom is 0.333 e. The third-order valence-corrected chi connectivity index (χ3v) is 7.45. The summed E-state index contributed by atoms with van der Waals surface area (Å²) >= 11 is 5.90. The molecule has 0 radical (unpaired) electrons. The average molecular weight is 586 g/mol. The van der Waals surface area contributed by atoms with Crippen LogP contribution in [0.5, 0.6) is 5.88 Å². The van der Waals surface area contributed by atoms with Gasteiger partial charge >= 0.3 is 5.69 Å². The molecule has 5 rings (SSSR count). The van der Waals surface area contributed by atoms with E-state index in [1.54, 1.807) is 34.4 Å². The number of aromatic nitrogens is 4. The molecule has 9 nitrogen and oxygen atoms in total. The van der Waals surface area contributed by atoms with E-state index in [4.69, 9.17) is 16.3 Å². The molecule has 0 aliphatic heterocycles. The lowest BCUT2D eigenvalue weighted by Crippen LogP contribution is -2.39. The lowest BCUT2D eigenvalue weighted by molar-refractivity contribution is 0.0904. The molecule has 12 heteroatoms. The van der Waals surface area contributed by atoms with Gasteiger partial charge in [0.2, 0.25) is 5.88 Å². The Hall–Kier alpha value is -3.83. The Morgan fingerprint density at radius 1 is 1.12 bits per heavy atom. The van der Waals surface area contributed by atoms with Crippen molar-refractivity contribution in [1.82, 2.24) is 24.4 Å². The Balaban J connectivity index is 1.28. The molecule has 4 aromatic rings. The van der Waals surface area contributed by atoms with Crippen LogP contribution >= 0.6 is 11.6 Å². The van der Waals surface area contributed by atoms with E-state index in [1.807, 2.05) is 24.3 Å². The summed E-state index contributed by atoms with van der Waals surface area (Å²) in [7, 11) is 0. The first-order valence-electron chi connectivity index (χ1n) is 13.4. The molecule has 0 saturated heterocycles. The van der Waals surface area contributed by atoms with Gasteiger partial charge in [0.05, 0.1) is 39.6 Å². The number of rotatable bonds is 9. The summed E-state index contributed by atoms with van der Waals surface area (Å²) < 4.78 is 35.5. The molecular weight excluding hydrogens is 556 g/mol. The van der Waals surface area contributed by atoms with E-state index in [0.29, 0.717) is 31.0 Å². The van der Waals surface area contributed by atoms with Gasteiger partial charge in [-0.05, 0) is 62.8 Å². The number of hydrogen-bond donors (Lipinski definition) is 2. The molecule has 3 heterocycles. The zero-order chi connectivity index (χ0) is 29.1. The summed E-state index contributed by atoms with van der Waals surface area (Å²) in [6.45, 7) is 2.24. The number of carbonyl (C=O) groups is 1. The van der Waals surface area contributed by atoms with Crippen LogP contribution in [0.4, 0.5) is 8.78 Å². The quantitative estimate of drug-likeness (QED) is 0.288. The number of imidazole rings is 1. The number of benzene rings is 1. The molecule has 1 atom stereocenters. The van der Waals surface area contributed by atoms with Crippen molar-refractivity contribution < 1.29 is 23.4 Å². The largest absolute Gasteiger partial charge is 0.475 e. The van der Waals surface area contributed by atoms with Gasteiger partial charge in [0.1, 0.15) is 12.3 Å². The Morgan fingerprint density at radius 2 is 1.85 bits per heavy atom. The summed E-state index contributed by atoms with van der Waals surface area (Å²) in [4.78, 5) is 34.3. The van der Waals surface area contributed by atoms with Crippen LogP contribution in [-0.4, -0.2) is 48.9 Å². The summed E-state index contributed by atoms with van der Waals surface area (Å²) in [5, 5.41) is 12.4. The maximum absolute atomic E-state index is 13.6. The smallest absolute Gasteiger partial charge is 0.333 e. The predicted octanol–water partition coefficient (Wildman–Crippen LogP) is 4.92. The number of para-hydroxylation sites is 2. The summed E-state index contributed by atoms with van der Waals surface area (Å²) in [5.74, 6) is -0.0692. The van der Waals surface area contributed by atoms with Gasteiger partial charge in [-0.15, -0.1) is 0 Å². The second kappa shape index (κ2) is 12.4. The lowest BCUT2D eigenvalue weighted by atomic mass is 9.85. The normalized spacial score (nSPS) is 18.0. The molecule has 1 fully saturated rings. The minimum absolute atomic E-state index is 0.115. The predicted molar refractivity (Wildman–Crippen MR) is 150 cm³/mol. The first-order valence-corrected chi connectivity index (χ1v) is 13.8. The summed E-state index contributed by atoms with van der Waals surface area (Å²) in [6.07, 6.45) is 1.97. The molecule has 1 aromatic carbocycles. The number of ether oxygens (including phenoxy) is 1. The highest BCUT2D eigenvalue weighted by Crippen LogP contribution is 2.29. The van der Waals surface area contributed by atoms with Gasteiger partial charge in [0.15, 0.2) is 0 Å². The molecule has 3 aromatic heterocycles. The van der Waals surface area contributed by atoms with Crippen LogP contribution in [-0.2, 0) is 6.54 Å². The number of nitrogens with zero attached hydrogens (tertiary/aromatic N) is 4. The molecule has 1 saturated carbocycles. The Bertz CT molecular complexity index is 1580. The van der Waals surface area contributed by atoms with Crippen LogP contribution in [0, 0.1) is 5.92 Å². The Morgan fingerprint density at radius 3 is 2.51 bits per heavy atom. The molecule has 1 aliphatic carbocycles. The summed E-state index contributed by atoms with van der Waals surface area (Å²) in [6, 6.07) is 12.0. The number of carbonyl (C=O) groups excluding carboxylic acids is 1. The highest BCUT2D eigenvalue weighted by atomic mass is 35.5. The maximum atomic E-state index is 13.6. The fraction of sp³-hybridized carbons (Fsp3) is 0.379. The van der Waals surface area contributed by atoms with E-state index in [1.165, 1.54) is 6.07 Å². The fourth-order valence-corrected chi connectivity index (χ4v) is 5.40. The van der Waals surface area contributed by atoms with Crippen molar-refractivity contribution in [2.45, 2.75) is 57.7 Å². The number of pyridine rings is 2. The number of hydrogen-bond acceptors (Lipinski definition) is 6. The number of aliphatic hydroxyl groups is 1.